The second kappa shape index (κ2) is 7.70. The molecule has 132 valence electrons. The van der Waals surface area contributed by atoms with Gasteiger partial charge >= 0.3 is 0 Å². The molecule has 1 saturated heterocycles. The largest absolute Gasteiger partial charge is 0.496 e. The lowest BCUT2D eigenvalue weighted by Gasteiger charge is -2.17. The third-order valence-electron chi connectivity index (χ3n) is 5.15. The predicted octanol–water partition coefficient (Wildman–Crippen LogP) is 2.75. The Labute approximate surface area is 149 Å². The lowest BCUT2D eigenvalue weighted by Crippen LogP contribution is -2.31. The molecule has 0 saturated carbocycles. The van der Waals surface area contributed by atoms with Crippen LogP contribution in [0.15, 0.2) is 48.5 Å². The number of nitrogens with two attached hydrogens (primary N) is 1. The van der Waals surface area contributed by atoms with E-state index in [1.54, 1.807) is 7.11 Å². The van der Waals surface area contributed by atoms with Gasteiger partial charge in [0.25, 0.3) is 0 Å². The molecule has 1 heterocycles. The van der Waals surface area contributed by atoms with E-state index in [0.717, 1.165) is 30.0 Å². The van der Waals surface area contributed by atoms with Crippen molar-refractivity contribution in [1.29, 1.82) is 0 Å². The third-order valence-corrected chi connectivity index (χ3v) is 5.15. The molecular formula is C21H26N2O2. The summed E-state index contributed by atoms with van der Waals surface area (Å²) < 4.78 is 5.36. The molecule has 25 heavy (non-hydrogen) atoms. The number of ether oxygens (including phenoxy) is 1. The number of benzene rings is 2. The summed E-state index contributed by atoms with van der Waals surface area (Å²) in [7, 11) is 1.66. The number of carbonyl (C=O) groups excluding carboxylic acids is 1. The Balaban J connectivity index is 1.71. The van der Waals surface area contributed by atoms with Crippen LogP contribution in [0.25, 0.3) is 0 Å². The van der Waals surface area contributed by atoms with Gasteiger partial charge in [0.1, 0.15) is 5.75 Å². The zero-order valence-corrected chi connectivity index (χ0v) is 14.9. The summed E-state index contributed by atoms with van der Waals surface area (Å²) in [6, 6.07) is 16.3. The Morgan fingerprint density at radius 3 is 2.64 bits per heavy atom. The number of rotatable bonds is 5. The van der Waals surface area contributed by atoms with Gasteiger partial charge in [-0.3, -0.25) is 4.79 Å². The summed E-state index contributed by atoms with van der Waals surface area (Å²) in [5, 5.41) is 0. The molecule has 2 aromatic carbocycles. The number of carbonyl (C=O) groups is 1. The van der Waals surface area contributed by atoms with Crippen molar-refractivity contribution in [2.45, 2.75) is 19.3 Å². The number of nitrogens with zero attached hydrogens (tertiary/aromatic N) is 1. The van der Waals surface area contributed by atoms with Crippen LogP contribution in [0.5, 0.6) is 5.75 Å². The predicted molar refractivity (Wildman–Crippen MR) is 99.7 cm³/mol. The lowest BCUT2D eigenvalue weighted by molar-refractivity contribution is -0.129. The van der Waals surface area contributed by atoms with Crippen molar-refractivity contribution < 1.29 is 9.53 Å². The molecule has 4 nitrogen and oxygen atoms in total. The van der Waals surface area contributed by atoms with Crippen molar-refractivity contribution in [2.75, 3.05) is 26.7 Å². The van der Waals surface area contributed by atoms with Gasteiger partial charge in [-0.15, -0.1) is 0 Å². The number of amides is 1. The summed E-state index contributed by atoms with van der Waals surface area (Å²) >= 11 is 0. The number of hydrogen-bond acceptors (Lipinski definition) is 3. The van der Waals surface area contributed by atoms with Crippen LogP contribution in [-0.4, -0.2) is 37.6 Å². The third kappa shape index (κ3) is 3.85. The molecule has 0 bridgehead atoms. The highest BCUT2D eigenvalue weighted by molar-refractivity contribution is 5.79. The molecule has 2 aromatic rings. The van der Waals surface area contributed by atoms with Crippen LogP contribution in [0.1, 0.15) is 22.6 Å². The van der Waals surface area contributed by atoms with Crippen LogP contribution in [0.4, 0.5) is 0 Å². The molecule has 0 aliphatic carbocycles. The van der Waals surface area contributed by atoms with Crippen molar-refractivity contribution in [2.24, 2.45) is 11.7 Å². The molecule has 0 radical (unpaired) electrons. The smallest absolute Gasteiger partial charge is 0.227 e. The quantitative estimate of drug-likeness (QED) is 0.912. The maximum Gasteiger partial charge on any atom is 0.227 e. The molecule has 1 fully saturated rings. The van der Waals surface area contributed by atoms with Gasteiger partial charge in [-0.1, -0.05) is 42.5 Å². The van der Waals surface area contributed by atoms with Gasteiger partial charge < -0.3 is 15.4 Å². The van der Waals surface area contributed by atoms with Crippen LogP contribution in [0.3, 0.4) is 0 Å². The minimum Gasteiger partial charge on any atom is -0.496 e. The van der Waals surface area contributed by atoms with E-state index >= 15 is 0 Å². The molecule has 0 spiro atoms. The molecule has 1 amide bonds. The molecule has 1 aliphatic rings. The summed E-state index contributed by atoms with van der Waals surface area (Å²) in [5.74, 6) is 1.62. The van der Waals surface area contributed by atoms with Crippen molar-refractivity contribution in [3.8, 4) is 5.75 Å². The molecule has 2 atom stereocenters. The minimum atomic E-state index is 0.155. The maximum atomic E-state index is 12.8. The minimum absolute atomic E-state index is 0.155. The molecule has 2 N–H and O–H groups in total. The monoisotopic (exact) mass is 338 g/mol. The van der Waals surface area contributed by atoms with E-state index in [4.69, 9.17) is 10.5 Å². The van der Waals surface area contributed by atoms with Crippen LogP contribution >= 0.6 is 0 Å². The fourth-order valence-electron chi connectivity index (χ4n) is 3.65. The maximum absolute atomic E-state index is 12.8. The second-order valence-electron chi connectivity index (χ2n) is 6.79. The van der Waals surface area contributed by atoms with Gasteiger partial charge in [-0.05, 0) is 42.1 Å². The van der Waals surface area contributed by atoms with Gasteiger partial charge in [-0.25, -0.2) is 0 Å². The summed E-state index contributed by atoms with van der Waals surface area (Å²) in [6.07, 6.45) is 0.398. The van der Waals surface area contributed by atoms with E-state index < -0.39 is 0 Å². The molecular weight excluding hydrogens is 312 g/mol. The van der Waals surface area contributed by atoms with Gasteiger partial charge in [0.15, 0.2) is 0 Å². The van der Waals surface area contributed by atoms with Crippen molar-refractivity contribution in [1.82, 2.24) is 4.90 Å². The van der Waals surface area contributed by atoms with E-state index in [2.05, 4.69) is 12.1 Å². The zero-order valence-electron chi connectivity index (χ0n) is 14.9. The first-order chi connectivity index (χ1) is 12.1. The van der Waals surface area contributed by atoms with E-state index in [1.165, 1.54) is 5.56 Å². The van der Waals surface area contributed by atoms with Crippen LogP contribution in [0, 0.1) is 12.8 Å². The summed E-state index contributed by atoms with van der Waals surface area (Å²) in [6.45, 7) is 4.08. The van der Waals surface area contributed by atoms with Crippen molar-refractivity contribution >= 4 is 5.91 Å². The lowest BCUT2D eigenvalue weighted by atomic mass is 9.89. The highest BCUT2D eigenvalue weighted by atomic mass is 16.5. The standard InChI is InChI=1S/C21H26N2O2/c1-15-8-9-16(10-20(15)25-2)11-21(24)23-13-18(12-22)19(14-23)17-6-4-3-5-7-17/h3-10,18-19H,11-14,22H2,1-2H3/t18-,19+/m1/s1. The molecule has 3 rings (SSSR count). The van der Waals surface area contributed by atoms with Crippen molar-refractivity contribution in [3.05, 3.63) is 65.2 Å². The van der Waals surface area contributed by atoms with Gasteiger partial charge in [0.2, 0.25) is 5.91 Å². The van der Waals surface area contributed by atoms with E-state index in [9.17, 15) is 4.79 Å². The second-order valence-corrected chi connectivity index (χ2v) is 6.79. The molecule has 1 aliphatic heterocycles. The molecule has 0 unspecified atom stereocenters. The van der Waals surface area contributed by atoms with Crippen LogP contribution in [-0.2, 0) is 11.2 Å². The molecule has 0 aromatic heterocycles. The average molecular weight is 338 g/mol. The first-order valence-corrected chi connectivity index (χ1v) is 8.78. The van der Waals surface area contributed by atoms with E-state index in [0.29, 0.717) is 24.8 Å². The highest BCUT2D eigenvalue weighted by Crippen LogP contribution is 2.32. The Hall–Kier alpha value is -2.33. The number of hydrogen-bond donors (Lipinski definition) is 1. The fourth-order valence-corrected chi connectivity index (χ4v) is 3.65. The van der Waals surface area contributed by atoms with Gasteiger partial charge in [0, 0.05) is 19.0 Å². The Bertz CT molecular complexity index is 730. The SMILES string of the molecule is COc1cc(CC(=O)N2C[C@@H](CN)[C@H](c3ccccc3)C2)ccc1C. The normalized spacial score (nSPS) is 19.9. The summed E-state index contributed by atoms with van der Waals surface area (Å²) in [5.41, 5.74) is 9.31. The zero-order chi connectivity index (χ0) is 17.8. The van der Waals surface area contributed by atoms with Crippen LogP contribution in [0.2, 0.25) is 0 Å². The van der Waals surface area contributed by atoms with Crippen molar-refractivity contribution in [3.63, 3.8) is 0 Å². The number of likely N-dealkylation sites (tertiary alicyclic amines) is 1. The summed E-state index contributed by atoms with van der Waals surface area (Å²) in [4.78, 5) is 14.7. The van der Waals surface area contributed by atoms with E-state index in [-0.39, 0.29) is 5.91 Å². The first kappa shape index (κ1) is 17.5. The molecule has 4 heteroatoms. The fraction of sp³-hybridized carbons (Fsp3) is 0.381. The van der Waals surface area contributed by atoms with Crippen LogP contribution < -0.4 is 10.5 Å². The number of aryl methyl sites for hydroxylation is 1. The highest BCUT2D eigenvalue weighted by Gasteiger charge is 2.35. The van der Waals surface area contributed by atoms with E-state index in [1.807, 2.05) is 48.2 Å². The first-order valence-electron chi connectivity index (χ1n) is 8.78. The number of methoxy groups -OCH3 is 1. The Kier molecular flexibility index (Phi) is 5.39. The topological polar surface area (TPSA) is 55.6 Å². The van der Waals surface area contributed by atoms with Gasteiger partial charge in [-0.2, -0.15) is 0 Å². The Morgan fingerprint density at radius 1 is 1.20 bits per heavy atom. The van der Waals surface area contributed by atoms with Gasteiger partial charge in [0.05, 0.1) is 13.5 Å². The average Bonchev–Trinajstić information content (AvgIpc) is 3.08. The Morgan fingerprint density at radius 2 is 1.96 bits per heavy atom.